The SMILES string of the molecule is CCCC(C)CB(CC(C)CCC)/C(=C/CCl)[Si](C)(C)C. The highest BCUT2D eigenvalue weighted by molar-refractivity contribution is 6.98. The smallest absolute Gasteiger partial charge is 0.122 e. The van der Waals surface area contributed by atoms with Gasteiger partial charge in [-0.2, -0.15) is 0 Å². The van der Waals surface area contributed by atoms with Crippen LogP contribution in [0.3, 0.4) is 0 Å². The summed E-state index contributed by atoms with van der Waals surface area (Å²) in [6.45, 7) is 17.7. The Morgan fingerprint density at radius 2 is 1.43 bits per heavy atom. The summed E-state index contributed by atoms with van der Waals surface area (Å²) in [5, 5.41) is 1.73. The van der Waals surface area contributed by atoms with Crippen molar-refractivity contribution in [2.45, 2.75) is 85.7 Å². The Morgan fingerprint density at radius 3 is 1.71 bits per heavy atom. The van der Waals surface area contributed by atoms with Gasteiger partial charge in [0.15, 0.2) is 6.71 Å². The highest BCUT2D eigenvalue weighted by Crippen LogP contribution is 2.30. The average molecular weight is 329 g/mol. The molecule has 0 nitrogen and oxygen atoms in total. The lowest BCUT2D eigenvalue weighted by atomic mass is 9.40. The zero-order chi connectivity index (χ0) is 16.5. The standard InChI is InChI=1S/C18H38BClSi/c1-8-10-16(3)14-19(15-17(4)11-9-2)18(12-13-20)21(5,6)7/h12,16-17H,8-11,13-15H2,1-7H3/b18-12-. The molecule has 0 aromatic carbocycles. The van der Waals surface area contributed by atoms with E-state index >= 15 is 0 Å². The second kappa shape index (κ2) is 10.9. The molecule has 0 saturated carbocycles. The molecule has 0 radical (unpaired) electrons. The van der Waals surface area contributed by atoms with Crippen LogP contribution in [-0.2, 0) is 0 Å². The van der Waals surface area contributed by atoms with Crippen LogP contribution in [0.15, 0.2) is 11.2 Å². The van der Waals surface area contributed by atoms with Crippen molar-refractivity contribution >= 4 is 26.4 Å². The average Bonchev–Trinajstić information content (AvgIpc) is 2.34. The molecule has 0 rings (SSSR count). The number of hydrogen-bond acceptors (Lipinski definition) is 0. The van der Waals surface area contributed by atoms with Crippen LogP contribution in [0.1, 0.15) is 53.4 Å². The summed E-state index contributed by atoms with van der Waals surface area (Å²) in [6.07, 6.45) is 10.4. The van der Waals surface area contributed by atoms with Crippen LogP contribution in [0.5, 0.6) is 0 Å². The summed E-state index contributed by atoms with van der Waals surface area (Å²) < 4.78 is 0. The van der Waals surface area contributed by atoms with E-state index < -0.39 is 8.07 Å². The lowest BCUT2D eigenvalue weighted by Gasteiger charge is -2.31. The summed E-state index contributed by atoms with van der Waals surface area (Å²) in [5.41, 5.74) is 0. The largest absolute Gasteiger partial charge is 0.166 e. The van der Waals surface area contributed by atoms with Gasteiger partial charge >= 0.3 is 0 Å². The van der Waals surface area contributed by atoms with Crippen molar-refractivity contribution in [3.05, 3.63) is 11.2 Å². The summed E-state index contributed by atoms with van der Waals surface area (Å²) in [7, 11) is -1.27. The Kier molecular flexibility index (Phi) is 11.1. The monoisotopic (exact) mass is 328 g/mol. The zero-order valence-corrected chi connectivity index (χ0v) is 17.4. The molecule has 0 heterocycles. The van der Waals surface area contributed by atoms with E-state index in [-0.39, 0.29) is 0 Å². The van der Waals surface area contributed by atoms with Crippen molar-refractivity contribution in [1.82, 2.24) is 0 Å². The van der Waals surface area contributed by atoms with Gasteiger partial charge in [0, 0.05) is 5.88 Å². The first-order valence-corrected chi connectivity index (χ1v) is 13.1. The maximum Gasteiger partial charge on any atom is 0.166 e. The van der Waals surface area contributed by atoms with Crippen LogP contribution >= 0.6 is 11.6 Å². The third kappa shape index (κ3) is 9.13. The minimum atomic E-state index is -1.27. The van der Waals surface area contributed by atoms with Crippen LogP contribution < -0.4 is 0 Å². The van der Waals surface area contributed by atoms with Crippen molar-refractivity contribution in [3.63, 3.8) is 0 Å². The first-order valence-electron chi connectivity index (χ1n) is 9.02. The topological polar surface area (TPSA) is 0 Å². The van der Waals surface area contributed by atoms with E-state index in [1.165, 1.54) is 38.3 Å². The molecule has 0 aliphatic rings. The molecule has 2 atom stereocenters. The molecular formula is C18H38BClSi. The van der Waals surface area contributed by atoms with Crippen LogP contribution in [0, 0.1) is 11.8 Å². The minimum absolute atomic E-state index is 0.681. The van der Waals surface area contributed by atoms with Crippen LogP contribution in [0.25, 0.3) is 0 Å². The van der Waals surface area contributed by atoms with Crippen LogP contribution in [0.4, 0.5) is 0 Å². The Balaban J connectivity index is 5.11. The number of hydrogen-bond donors (Lipinski definition) is 0. The molecule has 0 amide bonds. The summed E-state index contributed by atoms with van der Waals surface area (Å²) in [6, 6.07) is 0. The minimum Gasteiger partial charge on any atom is -0.122 e. The van der Waals surface area contributed by atoms with Crippen molar-refractivity contribution in [1.29, 1.82) is 0 Å². The van der Waals surface area contributed by atoms with E-state index in [1.54, 1.807) is 5.10 Å². The molecule has 0 saturated heterocycles. The molecule has 0 aliphatic heterocycles. The first-order chi connectivity index (χ1) is 9.76. The van der Waals surface area contributed by atoms with Crippen molar-refractivity contribution in [2.75, 3.05) is 5.88 Å². The number of halogens is 1. The van der Waals surface area contributed by atoms with E-state index in [9.17, 15) is 0 Å². The lowest BCUT2D eigenvalue weighted by Crippen LogP contribution is -2.37. The third-order valence-corrected chi connectivity index (χ3v) is 7.04. The molecule has 2 unspecified atom stereocenters. The highest BCUT2D eigenvalue weighted by Gasteiger charge is 2.31. The van der Waals surface area contributed by atoms with Gasteiger partial charge in [0.05, 0.1) is 8.07 Å². The van der Waals surface area contributed by atoms with Gasteiger partial charge in [-0.3, -0.25) is 0 Å². The van der Waals surface area contributed by atoms with Gasteiger partial charge in [0.2, 0.25) is 0 Å². The quantitative estimate of drug-likeness (QED) is 0.285. The van der Waals surface area contributed by atoms with E-state index in [0.29, 0.717) is 5.88 Å². The lowest BCUT2D eigenvalue weighted by molar-refractivity contribution is 0.550. The van der Waals surface area contributed by atoms with Gasteiger partial charge in [0.1, 0.15) is 0 Å². The van der Waals surface area contributed by atoms with Gasteiger partial charge in [-0.05, 0) is 0 Å². The van der Waals surface area contributed by atoms with Crippen molar-refractivity contribution in [3.8, 4) is 0 Å². The second-order valence-electron chi connectivity index (χ2n) is 8.02. The molecule has 0 spiro atoms. The third-order valence-electron chi connectivity index (χ3n) is 4.54. The summed E-state index contributed by atoms with van der Waals surface area (Å²) in [5.74, 6) is 2.35. The Bertz CT molecular complexity index is 282. The second-order valence-corrected chi connectivity index (χ2v) is 13.4. The fraction of sp³-hybridized carbons (Fsp3) is 0.889. The molecule has 0 aromatic rings. The van der Waals surface area contributed by atoms with E-state index in [1.807, 2.05) is 0 Å². The number of allylic oxidation sites excluding steroid dienone is 1. The maximum atomic E-state index is 6.09. The molecule has 3 heteroatoms. The van der Waals surface area contributed by atoms with Gasteiger partial charge < -0.3 is 0 Å². The van der Waals surface area contributed by atoms with Gasteiger partial charge in [-0.15, -0.1) is 16.7 Å². The van der Waals surface area contributed by atoms with Crippen LogP contribution in [-0.4, -0.2) is 20.7 Å². The predicted octanol–water partition coefficient (Wildman–Crippen LogP) is 6.94. The van der Waals surface area contributed by atoms with Gasteiger partial charge in [-0.25, -0.2) is 0 Å². The molecule has 0 aliphatic carbocycles. The van der Waals surface area contributed by atoms with Crippen molar-refractivity contribution < 1.29 is 0 Å². The Morgan fingerprint density at radius 1 is 1.00 bits per heavy atom. The maximum absolute atomic E-state index is 6.09. The van der Waals surface area contributed by atoms with Crippen molar-refractivity contribution in [2.24, 2.45) is 11.8 Å². The van der Waals surface area contributed by atoms with E-state index in [0.717, 1.165) is 18.5 Å². The zero-order valence-electron chi connectivity index (χ0n) is 15.6. The normalized spacial score (nSPS) is 15.9. The number of alkyl halides is 1. The van der Waals surface area contributed by atoms with Gasteiger partial charge in [0.25, 0.3) is 0 Å². The van der Waals surface area contributed by atoms with Gasteiger partial charge in [-0.1, -0.05) is 104 Å². The number of rotatable bonds is 11. The molecule has 0 bridgehead atoms. The highest BCUT2D eigenvalue weighted by atomic mass is 35.5. The molecule has 0 fully saturated rings. The molecule has 21 heavy (non-hydrogen) atoms. The molecular weight excluding hydrogens is 291 g/mol. The predicted molar refractivity (Wildman–Crippen MR) is 106 cm³/mol. The Labute approximate surface area is 141 Å². The Hall–Kier alpha value is 0.312. The molecule has 124 valence electrons. The summed E-state index contributed by atoms with van der Waals surface area (Å²) >= 11 is 6.09. The van der Waals surface area contributed by atoms with Crippen LogP contribution in [0.2, 0.25) is 32.3 Å². The van der Waals surface area contributed by atoms with E-state index in [4.69, 9.17) is 11.6 Å². The fourth-order valence-electron chi connectivity index (χ4n) is 3.71. The summed E-state index contributed by atoms with van der Waals surface area (Å²) in [4.78, 5) is 0. The molecule has 0 aromatic heterocycles. The van der Waals surface area contributed by atoms with E-state index in [2.05, 4.69) is 53.4 Å². The fourth-order valence-corrected chi connectivity index (χ4v) is 6.18. The molecule has 0 N–H and O–H groups in total. The first kappa shape index (κ1) is 21.3.